The minimum absolute atomic E-state index is 0.0141. The first kappa shape index (κ1) is 14.6. The second-order valence-corrected chi connectivity index (χ2v) is 5.02. The van der Waals surface area contributed by atoms with Crippen LogP contribution in [0.1, 0.15) is 29.1 Å². The maximum Gasteiger partial charge on any atom is 0.271 e. The summed E-state index contributed by atoms with van der Waals surface area (Å²) in [7, 11) is 0. The second-order valence-electron chi connectivity index (χ2n) is 5.02. The van der Waals surface area contributed by atoms with E-state index in [2.05, 4.69) is 20.3 Å². The molecule has 1 atom stereocenters. The largest absolute Gasteiger partial charge is 0.342 e. The van der Waals surface area contributed by atoms with Crippen LogP contribution in [0.2, 0.25) is 0 Å². The number of nitrogens with zero attached hydrogens (tertiary/aromatic N) is 3. The number of H-pyrrole nitrogens is 1. The van der Waals surface area contributed by atoms with Crippen molar-refractivity contribution >= 4 is 22.6 Å². The third-order valence-electron chi connectivity index (χ3n) is 3.38. The number of rotatable bonds is 4. The third kappa shape index (κ3) is 3.00. The number of carbonyl (C=O) groups excluding carboxylic acids is 1. The molecule has 1 unspecified atom stereocenters. The number of hydrogen-bond acceptors (Lipinski definition) is 5. The normalized spacial score (nSPS) is 12.0. The van der Waals surface area contributed by atoms with Crippen LogP contribution in [-0.2, 0) is 0 Å². The number of fused-ring (bicyclic) bond motifs is 1. The summed E-state index contributed by atoms with van der Waals surface area (Å²) in [5.41, 5.74) is 1.59. The molecule has 8 nitrogen and oxygen atoms in total. The molecule has 2 aromatic heterocycles. The predicted molar refractivity (Wildman–Crippen MR) is 82.9 cm³/mol. The number of pyridine rings is 1. The van der Waals surface area contributed by atoms with Crippen molar-refractivity contribution in [1.29, 1.82) is 0 Å². The minimum Gasteiger partial charge on any atom is -0.342 e. The van der Waals surface area contributed by atoms with Gasteiger partial charge in [-0.2, -0.15) is 0 Å². The topological polar surface area (TPSA) is 114 Å². The Balaban J connectivity index is 1.82. The summed E-state index contributed by atoms with van der Waals surface area (Å²) in [4.78, 5) is 33.7. The van der Waals surface area contributed by atoms with Crippen molar-refractivity contribution in [2.45, 2.75) is 13.0 Å². The molecule has 0 spiro atoms. The van der Waals surface area contributed by atoms with Crippen molar-refractivity contribution in [2.75, 3.05) is 0 Å². The second kappa shape index (κ2) is 5.84. The third-order valence-corrected chi connectivity index (χ3v) is 3.38. The van der Waals surface area contributed by atoms with Gasteiger partial charge in [0.1, 0.15) is 5.82 Å². The maximum absolute atomic E-state index is 12.1. The monoisotopic (exact) mass is 311 g/mol. The fourth-order valence-electron chi connectivity index (χ4n) is 2.18. The molecule has 0 fully saturated rings. The summed E-state index contributed by atoms with van der Waals surface area (Å²) in [5, 5.41) is 13.6. The smallest absolute Gasteiger partial charge is 0.271 e. The molecule has 0 aliphatic carbocycles. The van der Waals surface area contributed by atoms with Gasteiger partial charge in [0.25, 0.3) is 11.6 Å². The summed E-state index contributed by atoms with van der Waals surface area (Å²) in [6, 6.07) is 7.35. The molecule has 0 saturated heterocycles. The number of nitrogens with one attached hydrogen (secondary N) is 2. The number of nitro benzene ring substituents is 1. The lowest BCUT2D eigenvalue weighted by molar-refractivity contribution is -0.384. The summed E-state index contributed by atoms with van der Waals surface area (Å²) in [6.45, 7) is 1.78. The number of aromatic amines is 1. The van der Waals surface area contributed by atoms with Gasteiger partial charge in [0.15, 0.2) is 0 Å². The number of nitro groups is 1. The zero-order chi connectivity index (χ0) is 16.4. The maximum atomic E-state index is 12.1. The van der Waals surface area contributed by atoms with Gasteiger partial charge in [0.2, 0.25) is 0 Å². The lowest BCUT2D eigenvalue weighted by Crippen LogP contribution is -2.27. The molecule has 0 radical (unpaired) electrons. The van der Waals surface area contributed by atoms with Crippen molar-refractivity contribution in [3.05, 3.63) is 64.2 Å². The van der Waals surface area contributed by atoms with Gasteiger partial charge in [-0.1, -0.05) is 0 Å². The molecule has 1 aromatic carbocycles. The Bertz CT molecular complexity index is 875. The summed E-state index contributed by atoms with van der Waals surface area (Å²) in [5.74, 6) is 0.259. The van der Waals surface area contributed by atoms with Crippen molar-refractivity contribution < 1.29 is 9.72 Å². The van der Waals surface area contributed by atoms with Gasteiger partial charge in [-0.15, -0.1) is 0 Å². The van der Waals surface area contributed by atoms with Crippen molar-refractivity contribution in [3.63, 3.8) is 0 Å². The number of hydrogen-bond donors (Lipinski definition) is 2. The molecule has 2 N–H and O–H groups in total. The molecule has 3 rings (SSSR count). The first-order chi connectivity index (χ1) is 11.0. The van der Waals surface area contributed by atoms with E-state index in [9.17, 15) is 14.9 Å². The molecule has 0 aliphatic heterocycles. The molecule has 0 aliphatic rings. The molecule has 3 aromatic rings. The fraction of sp³-hybridized carbons (Fsp3) is 0.133. The number of benzene rings is 1. The highest BCUT2D eigenvalue weighted by atomic mass is 16.6. The minimum atomic E-state index is -0.465. The van der Waals surface area contributed by atoms with E-state index in [0.29, 0.717) is 22.4 Å². The van der Waals surface area contributed by atoms with Gasteiger partial charge in [0, 0.05) is 24.5 Å². The number of aromatic nitrogens is 3. The fourth-order valence-corrected chi connectivity index (χ4v) is 2.18. The van der Waals surface area contributed by atoms with Crippen LogP contribution in [-0.4, -0.2) is 25.8 Å². The van der Waals surface area contributed by atoms with E-state index < -0.39 is 4.92 Å². The molecule has 1 amide bonds. The van der Waals surface area contributed by atoms with Crippen LogP contribution in [0.25, 0.3) is 11.0 Å². The molecular formula is C15H13N5O3. The van der Waals surface area contributed by atoms with Crippen LogP contribution in [0.5, 0.6) is 0 Å². The Kier molecular flexibility index (Phi) is 3.71. The zero-order valence-electron chi connectivity index (χ0n) is 12.2. The van der Waals surface area contributed by atoms with Gasteiger partial charge in [-0.25, -0.2) is 4.98 Å². The van der Waals surface area contributed by atoms with E-state index in [1.165, 1.54) is 18.3 Å². The van der Waals surface area contributed by atoms with Crippen LogP contribution in [0.15, 0.2) is 42.7 Å². The van der Waals surface area contributed by atoms with Crippen LogP contribution in [0, 0.1) is 10.1 Å². The molecular weight excluding hydrogens is 298 g/mol. The van der Waals surface area contributed by atoms with Gasteiger partial charge >= 0.3 is 0 Å². The lowest BCUT2D eigenvalue weighted by Gasteiger charge is -2.11. The molecule has 116 valence electrons. The van der Waals surface area contributed by atoms with Crippen LogP contribution in [0.3, 0.4) is 0 Å². The van der Waals surface area contributed by atoms with Gasteiger partial charge in [0.05, 0.1) is 27.6 Å². The van der Waals surface area contributed by atoms with Crippen LogP contribution >= 0.6 is 0 Å². The van der Waals surface area contributed by atoms with E-state index in [0.717, 1.165) is 0 Å². The molecule has 8 heteroatoms. The molecule has 2 heterocycles. The average molecular weight is 311 g/mol. The van der Waals surface area contributed by atoms with Crippen molar-refractivity contribution in [3.8, 4) is 0 Å². The summed E-state index contributed by atoms with van der Waals surface area (Å²) in [6.07, 6.45) is 3.07. The SMILES string of the molecule is CC(NC(=O)c1cccnc1)c1nc2ccc([N+](=O)[O-])cc2[nH]1. The molecule has 0 bridgehead atoms. The number of amides is 1. The van der Waals surface area contributed by atoms with Crippen LogP contribution < -0.4 is 5.32 Å². The Labute approximate surface area is 130 Å². The van der Waals surface area contributed by atoms with Gasteiger partial charge < -0.3 is 10.3 Å². The molecule has 0 saturated carbocycles. The standard InChI is InChI=1S/C15H13N5O3/c1-9(17-15(21)10-3-2-6-16-8-10)14-18-12-5-4-11(20(22)23)7-13(12)19-14/h2-9H,1H3,(H,17,21)(H,18,19). The molecule has 23 heavy (non-hydrogen) atoms. The Morgan fingerprint density at radius 1 is 1.39 bits per heavy atom. The quantitative estimate of drug-likeness (QED) is 0.567. The van der Waals surface area contributed by atoms with E-state index in [1.54, 1.807) is 31.3 Å². The van der Waals surface area contributed by atoms with Gasteiger partial charge in [-0.3, -0.25) is 19.9 Å². The Hall–Kier alpha value is -3.29. The first-order valence-electron chi connectivity index (χ1n) is 6.89. The van der Waals surface area contributed by atoms with E-state index in [1.807, 2.05) is 0 Å². The number of non-ortho nitro benzene ring substituents is 1. The lowest BCUT2D eigenvalue weighted by atomic mass is 10.2. The van der Waals surface area contributed by atoms with Crippen molar-refractivity contribution in [1.82, 2.24) is 20.3 Å². The number of carbonyl (C=O) groups is 1. The Morgan fingerprint density at radius 3 is 2.91 bits per heavy atom. The summed E-state index contributed by atoms with van der Waals surface area (Å²) >= 11 is 0. The zero-order valence-corrected chi connectivity index (χ0v) is 12.2. The van der Waals surface area contributed by atoms with E-state index >= 15 is 0 Å². The van der Waals surface area contributed by atoms with E-state index in [4.69, 9.17) is 0 Å². The van der Waals surface area contributed by atoms with Crippen molar-refractivity contribution in [2.24, 2.45) is 0 Å². The Morgan fingerprint density at radius 2 is 2.22 bits per heavy atom. The van der Waals surface area contributed by atoms with Crippen LogP contribution in [0.4, 0.5) is 5.69 Å². The number of imidazole rings is 1. The highest BCUT2D eigenvalue weighted by Gasteiger charge is 2.16. The highest BCUT2D eigenvalue weighted by molar-refractivity contribution is 5.94. The first-order valence-corrected chi connectivity index (χ1v) is 6.89. The highest BCUT2D eigenvalue weighted by Crippen LogP contribution is 2.21. The average Bonchev–Trinajstić information content (AvgIpc) is 2.98. The summed E-state index contributed by atoms with van der Waals surface area (Å²) < 4.78 is 0. The van der Waals surface area contributed by atoms with E-state index in [-0.39, 0.29) is 17.6 Å². The predicted octanol–water partition coefficient (Wildman–Crippen LogP) is 2.36. The van der Waals surface area contributed by atoms with Gasteiger partial charge in [-0.05, 0) is 25.1 Å².